The standard InChI is InChI=1S/C46H37N/c1-45(2)40-23-9-7-19-36(40)38-27-26-33(29-42(38)45)47(43-25-13-22-39-37-20-8-10-24-41(37)46(3,4)44(39)43)32-17-11-16-31(28-32)35-21-12-15-30-14-5-6-18-34(30)35/h5-29H,1-4H3. The molecule has 0 unspecified atom stereocenters. The average molecular weight is 604 g/mol. The van der Waals surface area contributed by atoms with Crippen molar-refractivity contribution in [2.24, 2.45) is 0 Å². The van der Waals surface area contributed by atoms with Crippen molar-refractivity contribution in [1.82, 2.24) is 0 Å². The van der Waals surface area contributed by atoms with Crippen LogP contribution in [0.1, 0.15) is 49.9 Å². The third-order valence-electron chi connectivity index (χ3n) is 10.8. The Hall–Kier alpha value is -5.40. The molecule has 1 heteroatoms. The van der Waals surface area contributed by atoms with Gasteiger partial charge in [-0.05, 0) is 96.7 Å². The quantitative estimate of drug-likeness (QED) is 0.193. The molecule has 0 N–H and O–H groups in total. The fourth-order valence-corrected chi connectivity index (χ4v) is 8.55. The topological polar surface area (TPSA) is 3.24 Å². The van der Waals surface area contributed by atoms with Crippen LogP contribution in [0.4, 0.5) is 17.1 Å². The molecule has 7 aromatic carbocycles. The van der Waals surface area contributed by atoms with Crippen molar-refractivity contribution in [2.75, 3.05) is 4.90 Å². The molecule has 0 radical (unpaired) electrons. The van der Waals surface area contributed by atoms with Crippen LogP contribution in [-0.2, 0) is 10.8 Å². The van der Waals surface area contributed by atoms with E-state index in [0.717, 1.165) is 5.69 Å². The monoisotopic (exact) mass is 603 g/mol. The molecule has 0 aromatic heterocycles. The number of anilines is 3. The van der Waals surface area contributed by atoms with E-state index in [1.54, 1.807) is 0 Å². The lowest BCUT2D eigenvalue weighted by molar-refractivity contribution is 0.658. The summed E-state index contributed by atoms with van der Waals surface area (Å²) in [5.41, 5.74) is 16.7. The van der Waals surface area contributed by atoms with E-state index in [4.69, 9.17) is 0 Å². The highest BCUT2D eigenvalue weighted by atomic mass is 15.1. The zero-order valence-corrected chi connectivity index (χ0v) is 27.4. The lowest BCUT2D eigenvalue weighted by Crippen LogP contribution is -2.21. The van der Waals surface area contributed by atoms with Crippen LogP contribution < -0.4 is 4.90 Å². The van der Waals surface area contributed by atoms with E-state index >= 15 is 0 Å². The number of rotatable bonds is 4. The molecule has 0 heterocycles. The molecule has 2 aliphatic rings. The SMILES string of the molecule is CC1(C)c2ccccc2-c2ccc(N(c3cccc(-c4cccc5ccccc45)c3)c3cccc4c3C(C)(C)c3ccccc3-4)cc21. The molecular formula is C46H37N. The molecule has 0 atom stereocenters. The molecule has 226 valence electrons. The lowest BCUT2D eigenvalue weighted by atomic mass is 9.81. The third kappa shape index (κ3) is 4.02. The first-order valence-corrected chi connectivity index (χ1v) is 16.7. The van der Waals surface area contributed by atoms with Gasteiger partial charge in [0.2, 0.25) is 0 Å². The second-order valence-corrected chi connectivity index (χ2v) is 14.2. The van der Waals surface area contributed by atoms with Crippen molar-refractivity contribution in [1.29, 1.82) is 0 Å². The molecule has 0 aliphatic heterocycles. The third-order valence-corrected chi connectivity index (χ3v) is 10.8. The predicted octanol–water partition coefficient (Wildman–Crippen LogP) is 12.6. The molecule has 0 saturated carbocycles. The van der Waals surface area contributed by atoms with Crippen LogP contribution >= 0.6 is 0 Å². The number of hydrogen-bond acceptors (Lipinski definition) is 1. The largest absolute Gasteiger partial charge is 0.310 e. The van der Waals surface area contributed by atoms with Crippen LogP contribution in [0, 0.1) is 0 Å². The Labute approximate surface area is 277 Å². The normalized spacial score (nSPS) is 14.7. The summed E-state index contributed by atoms with van der Waals surface area (Å²) in [5, 5.41) is 2.53. The highest BCUT2D eigenvalue weighted by Gasteiger charge is 2.40. The minimum Gasteiger partial charge on any atom is -0.310 e. The van der Waals surface area contributed by atoms with Crippen LogP contribution in [0.25, 0.3) is 44.2 Å². The molecular weight excluding hydrogens is 567 g/mol. The first-order valence-electron chi connectivity index (χ1n) is 16.7. The zero-order valence-electron chi connectivity index (χ0n) is 27.4. The van der Waals surface area contributed by atoms with E-state index in [2.05, 4.69) is 184 Å². The lowest BCUT2D eigenvalue weighted by Gasteiger charge is -2.33. The van der Waals surface area contributed by atoms with Gasteiger partial charge in [0, 0.05) is 22.2 Å². The summed E-state index contributed by atoms with van der Waals surface area (Å²) < 4.78 is 0. The van der Waals surface area contributed by atoms with E-state index < -0.39 is 0 Å². The van der Waals surface area contributed by atoms with Gasteiger partial charge in [0.15, 0.2) is 0 Å². The van der Waals surface area contributed by atoms with E-state index in [1.807, 2.05) is 0 Å². The number of nitrogens with zero attached hydrogens (tertiary/aromatic N) is 1. The first-order chi connectivity index (χ1) is 22.8. The van der Waals surface area contributed by atoms with Gasteiger partial charge in [0.05, 0.1) is 5.69 Å². The van der Waals surface area contributed by atoms with Crippen molar-refractivity contribution in [3.8, 4) is 33.4 Å². The zero-order chi connectivity index (χ0) is 31.9. The van der Waals surface area contributed by atoms with Gasteiger partial charge in [-0.3, -0.25) is 0 Å². The van der Waals surface area contributed by atoms with Gasteiger partial charge >= 0.3 is 0 Å². The molecule has 0 amide bonds. The van der Waals surface area contributed by atoms with Crippen molar-refractivity contribution < 1.29 is 0 Å². The highest BCUT2D eigenvalue weighted by molar-refractivity contribution is 5.98. The van der Waals surface area contributed by atoms with Gasteiger partial charge < -0.3 is 4.90 Å². The van der Waals surface area contributed by atoms with Gasteiger partial charge in [0.25, 0.3) is 0 Å². The smallest absolute Gasteiger partial charge is 0.0508 e. The maximum absolute atomic E-state index is 2.51. The van der Waals surface area contributed by atoms with Crippen molar-refractivity contribution >= 4 is 27.8 Å². The molecule has 2 aliphatic carbocycles. The molecule has 0 fully saturated rings. The summed E-state index contributed by atoms with van der Waals surface area (Å²) in [5.74, 6) is 0. The summed E-state index contributed by atoms with van der Waals surface area (Å²) in [6, 6.07) is 56.3. The Balaban J connectivity index is 1.29. The second-order valence-electron chi connectivity index (χ2n) is 14.2. The van der Waals surface area contributed by atoms with Crippen LogP contribution in [0.15, 0.2) is 152 Å². The number of fused-ring (bicyclic) bond motifs is 7. The summed E-state index contributed by atoms with van der Waals surface area (Å²) in [6.07, 6.45) is 0. The molecule has 9 rings (SSSR count). The Kier molecular flexibility index (Phi) is 5.96. The summed E-state index contributed by atoms with van der Waals surface area (Å²) >= 11 is 0. The van der Waals surface area contributed by atoms with Crippen LogP contribution in [0.5, 0.6) is 0 Å². The number of hydrogen-bond donors (Lipinski definition) is 0. The maximum Gasteiger partial charge on any atom is 0.0508 e. The minimum absolute atomic E-state index is 0.0907. The maximum atomic E-state index is 2.51. The Morgan fingerprint density at radius 1 is 0.404 bits per heavy atom. The van der Waals surface area contributed by atoms with Crippen molar-refractivity contribution in [2.45, 2.75) is 38.5 Å². The van der Waals surface area contributed by atoms with E-state index in [9.17, 15) is 0 Å². The Morgan fingerprint density at radius 3 is 1.81 bits per heavy atom. The molecule has 0 bridgehead atoms. The second kappa shape index (κ2) is 10.0. The predicted molar refractivity (Wildman–Crippen MR) is 199 cm³/mol. The fraction of sp³-hybridized carbons (Fsp3) is 0.130. The fourth-order valence-electron chi connectivity index (χ4n) is 8.55. The Morgan fingerprint density at radius 2 is 0.979 bits per heavy atom. The van der Waals surface area contributed by atoms with Gasteiger partial charge in [-0.15, -0.1) is 0 Å². The first kappa shape index (κ1) is 27.9. The van der Waals surface area contributed by atoms with Crippen LogP contribution in [-0.4, -0.2) is 0 Å². The van der Waals surface area contributed by atoms with Crippen LogP contribution in [0.2, 0.25) is 0 Å². The van der Waals surface area contributed by atoms with Crippen molar-refractivity contribution in [3.05, 3.63) is 174 Å². The average Bonchev–Trinajstić information content (AvgIpc) is 3.48. The summed E-state index contributed by atoms with van der Waals surface area (Å²) in [4.78, 5) is 2.51. The van der Waals surface area contributed by atoms with Crippen LogP contribution in [0.3, 0.4) is 0 Å². The Bertz CT molecular complexity index is 2370. The van der Waals surface area contributed by atoms with Gasteiger partial charge in [-0.2, -0.15) is 0 Å². The molecule has 0 spiro atoms. The summed E-state index contributed by atoms with van der Waals surface area (Å²) in [7, 11) is 0. The molecule has 47 heavy (non-hydrogen) atoms. The van der Waals surface area contributed by atoms with E-state index in [1.165, 1.54) is 77.8 Å². The summed E-state index contributed by atoms with van der Waals surface area (Å²) in [6.45, 7) is 9.50. The van der Waals surface area contributed by atoms with Crippen molar-refractivity contribution in [3.63, 3.8) is 0 Å². The van der Waals surface area contributed by atoms with Gasteiger partial charge in [-0.1, -0.05) is 149 Å². The van der Waals surface area contributed by atoms with Gasteiger partial charge in [-0.25, -0.2) is 0 Å². The van der Waals surface area contributed by atoms with E-state index in [-0.39, 0.29) is 10.8 Å². The van der Waals surface area contributed by atoms with E-state index in [0.29, 0.717) is 0 Å². The number of benzene rings is 7. The molecule has 7 aromatic rings. The van der Waals surface area contributed by atoms with Gasteiger partial charge in [0.1, 0.15) is 0 Å². The molecule has 1 nitrogen and oxygen atoms in total. The highest BCUT2D eigenvalue weighted by Crippen LogP contribution is 2.55. The molecule has 0 saturated heterocycles. The minimum atomic E-state index is -0.153.